The number of nitrogens with zero attached hydrogens (tertiary/aromatic N) is 1. The first-order chi connectivity index (χ1) is 10.0. The van der Waals surface area contributed by atoms with Crippen molar-refractivity contribution in [1.29, 1.82) is 0 Å². The molecule has 2 heterocycles. The Morgan fingerprint density at radius 3 is 2.90 bits per heavy atom. The van der Waals surface area contributed by atoms with Crippen molar-refractivity contribution in [3.05, 3.63) is 53.9 Å². The molecule has 1 aliphatic heterocycles. The minimum atomic E-state index is -3.61. The lowest BCUT2D eigenvalue weighted by atomic mass is 10.2. The van der Waals surface area contributed by atoms with Gasteiger partial charge in [0.15, 0.2) is 0 Å². The minimum absolute atomic E-state index is 0.122. The summed E-state index contributed by atoms with van der Waals surface area (Å²) in [6.45, 7) is 0.171. The predicted octanol–water partition coefficient (Wildman–Crippen LogP) is 1.05. The number of hydrogen-bond donors (Lipinski definition) is 2. The minimum Gasteiger partial charge on any atom is -0.326 e. The number of sulfonamides is 1. The summed E-state index contributed by atoms with van der Waals surface area (Å²) in [6.07, 6.45) is 3.44. The van der Waals surface area contributed by atoms with E-state index in [2.05, 4.69) is 15.0 Å². The highest BCUT2D eigenvalue weighted by molar-refractivity contribution is 7.89. The van der Waals surface area contributed by atoms with E-state index in [-0.39, 0.29) is 23.8 Å². The number of benzene rings is 1. The number of carbonyl (C=O) groups excluding carboxylic acids is 1. The van der Waals surface area contributed by atoms with Gasteiger partial charge in [-0.2, -0.15) is 0 Å². The summed E-state index contributed by atoms with van der Waals surface area (Å²) < 4.78 is 27.0. The number of rotatable bonds is 4. The van der Waals surface area contributed by atoms with Crippen LogP contribution in [0.15, 0.2) is 47.6 Å². The summed E-state index contributed by atoms with van der Waals surface area (Å²) in [7, 11) is -3.61. The summed E-state index contributed by atoms with van der Waals surface area (Å²) in [5, 5.41) is 2.67. The van der Waals surface area contributed by atoms with Crippen molar-refractivity contribution in [3.8, 4) is 0 Å². The number of aromatic nitrogens is 1. The van der Waals surface area contributed by atoms with Gasteiger partial charge in [0.2, 0.25) is 15.9 Å². The highest BCUT2D eigenvalue weighted by atomic mass is 32.2. The second kappa shape index (κ2) is 5.27. The van der Waals surface area contributed by atoms with Gasteiger partial charge in [0.25, 0.3) is 0 Å². The van der Waals surface area contributed by atoms with Crippen LogP contribution < -0.4 is 10.0 Å². The van der Waals surface area contributed by atoms with Gasteiger partial charge >= 0.3 is 0 Å². The summed E-state index contributed by atoms with van der Waals surface area (Å²) in [4.78, 5) is 15.4. The average Bonchev–Trinajstić information content (AvgIpc) is 2.85. The zero-order chi connectivity index (χ0) is 14.9. The molecule has 0 bridgehead atoms. The fourth-order valence-electron chi connectivity index (χ4n) is 2.14. The molecular formula is C14H13N3O3S. The molecule has 1 aliphatic rings. The number of anilines is 1. The van der Waals surface area contributed by atoms with Crippen LogP contribution in [0.25, 0.3) is 0 Å². The van der Waals surface area contributed by atoms with E-state index in [0.717, 1.165) is 5.56 Å². The van der Waals surface area contributed by atoms with Crippen molar-refractivity contribution in [1.82, 2.24) is 9.71 Å². The summed E-state index contributed by atoms with van der Waals surface area (Å²) >= 11 is 0. The van der Waals surface area contributed by atoms with Crippen molar-refractivity contribution in [2.75, 3.05) is 5.32 Å². The maximum Gasteiger partial charge on any atom is 0.240 e. The summed E-state index contributed by atoms with van der Waals surface area (Å²) in [5.41, 5.74) is 2.15. The van der Waals surface area contributed by atoms with E-state index < -0.39 is 10.0 Å². The molecule has 6 nitrogen and oxygen atoms in total. The van der Waals surface area contributed by atoms with Gasteiger partial charge in [-0.05, 0) is 35.4 Å². The molecule has 108 valence electrons. The van der Waals surface area contributed by atoms with E-state index >= 15 is 0 Å². The molecule has 3 rings (SSSR count). The first kappa shape index (κ1) is 13.7. The van der Waals surface area contributed by atoms with Gasteiger partial charge in [0.1, 0.15) is 0 Å². The summed E-state index contributed by atoms with van der Waals surface area (Å²) in [5.74, 6) is -0.122. The number of amides is 1. The van der Waals surface area contributed by atoms with Crippen LogP contribution in [0, 0.1) is 0 Å². The molecular weight excluding hydrogens is 290 g/mol. The zero-order valence-electron chi connectivity index (χ0n) is 11.0. The Kier molecular flexibility index (Phi) is 3.44. The molecule has 0 radical (unpaired) electrons. The van der Waals surface area contributed by atoms with Gasteiger partial charge in [-0.1, -0.05) is 6.07 Å². The van der Waals surface area contributed by atoms with E-state index in [1.807, 2.05) is 0 Å². The van der Waals surface area contributed by atoms with Crippen LogP contribution in [0.4, 0.5) is 5.69 Å². The molecule has 0 spiro atoms. The van der Waals surface area contributed by atoms with Crippen molar-refractivity contribution < 1.29 is 13.2 Å². The maximum atomic E-state index is 12.3. The molecule has 1 aromatic heterocycles. The van der Waals surface area contributed by atoms with Gasteiger partial charge in [0.05, 0.1) is 11.3 Å². The third kappa shape index (κ3) is 2.93. The van der Waals surface area contributed by atoms with Gasteiger partial charge < -0.3 is 5.32 Å². The molecule has 0 unspecified atom stereocenters. The van der Waals surface area contributed by atoms with Gasteiger partial charge in [-0.3, -0.25) is 9.78 Å². The fraction of sp³-hybridized carbons (Fsp3) is 0.143. The predicted molar refractivity (Wildman–Crippen MR) is 77.0 cm³/mol. The smallest absolute Gasteiger partial charge is 0.240 e. The van der Waals surface area contributed by atoms with E-state index in [4.69, 9.17) is 0 Å². The maximum absolute atomic E-state index is 12.3. The third-order valence-corrected chi connectivity index (χ3v) is 4.60. The second-order valence-electron chi connectivity index (χ2n) is 4.73. The van der Waals surface area contributed by atoms with E-state index in [1.54, 1.807) is 30.6 Å². The number of carbonyl (C=O) groups is 1. The van der Waals surface area contributed by atoms with Crippen LogP contribution in [0.2, 0.25) is 0 Å². The SMILES string of the molecule is O=C1Cc2cc(S(=O)(=O)NCc3cccnc3)ccc2N1. The van der Waals surface area contributed by atoms with Gasteiger partial charge in [-0.15, -0.1) is 0 Å². The highest BCUT2D eigenvalue weighted by Gasteiger charge is 2.21. The number of pyridine rings is 1. The van der Waals surface area contributed by atoms with E-state index in [9.17, 15) is 13.2 Å². The molecule has 0 saturated carbocycles. The molecule has 1 amide bonds. The lowest BCUT2D eigenvalue weighted by Crippen LogP contribution is -2.23. The first-order valence-corrected chi connectivity index (χ1v) is 7.84. The van der Waals surface area contributed by atoms with Crippen LogP contribution in [0.1, 0.15) is 11.1 Å². The summed E-state index contributed by atoms with van der Waals surface area (Å²) in [6, 6.07) is 8.16. The van der Waals surface area contributed by atoms with Crippen LogP contribution >= 0.6 is 0 Å². The Labute approximate surface area is 122 Å². The van der Waals surface area contributed by atoms with Crippen molar-refractivity contribution in [2.45, 2.75) is 17.9 Å². The molecule has 1 aromatic carbocycles. The molecule has 0 atom stereocenters. The van der Waals surface area contributed by atoms with Gasteiger partial charge in [-0.25, -0.2) is 13.1 Å². The third-order valence-electron chi connectivity index (χ3n) is 3.20. The van der Waals surface area contributed by atoms with Crippen LogP contribution in [-0.4, -0.2) is 19.3 Å². The molecule has 0 saturated heterocycles. The number of hydrogen-bond acceptors (Lipinski definition) is 4. The monoisotopic (exact) mass is 303 g/mol. The Bertz CT molecular complexity index is 788. The zero-order valence-corrected chi connectivity index (χ0v) is 11.9. The normalized spacial score (nSPS) is 13.8. The quantitative estimate of drug-likeness (QED) is 0.884. The topological polar surface area (TPSA) is 88.2 Å². The molecule has 0 aliphatic carbocycles. The van der Waals surface area contributed by atoms with Crippen molar-refractivity contribution >= 4 is 21.6 Å². The van der Waals surface area contributed by atoms with Crippen molar-refractivity contribution in [2.24, 2.45) is 0 Å². The molecule has 2 aromatic rings. The number of fused-ring (bicyclic) bond motifs is 1. The Morgan fingerprint density at radius 1 is 1.29 bits per heavy atom. The molecule has 0 fully saturated rings. The van der Waals surface area contributed by atoms with Crippen molar-refractivity contribution in [3.63, 3.8) is 0 Å². The van der Waals surface area contributed by atoms with Gasteiger partial charge in [0, 0.05) is 24.6 Å². The lowest BCUT2D eigenvalue weighted by molar-refractivity contribution is -0.115. The van der Waals surface area contributed by atoms with Crippen LogP contribution in [0.5, 0.6) is 0 Å². The van der Waals surface area contributed by atoms with E-state index in [0.29, 0.717) is 11.3 Å². The first-order valence-electron chi connectivity index (χ1n) is 6.36. The Morgan fingerprint density at radius 2 is 2.14 bits per heavy atom. The highest BCUT2D eigenvalue weighted by Crippen LogP contribution is 2.25. The molecule has 7 heteroatoms. The second-order valence-corrected chi connectivity index (χ2v) is 6.50. The lowest BCUT2D eigenvalue weighted by Gasteiger charge is -2.08. The Hall–Kier alpha value is -2.25. The fourth-order valence-corrected chi connectivity index (χ4v) is 3.21. The molecule has 21 heavy (non-hydrogen) atoms. The van der Waals surface area contributed by atoms with Crippen LogP contribution in [-0.2, 0) is 27.8 Å². The largest absolute Gasteiger partial charge is 0.326 e. The number of nitrogens with one attached hydrogen (secondary N) is 2. The standard InChI is InChI=1S/C14H13N3O3S/c18-14-7-11-6-12(3-4-13(11)17-14)21(19,20)16-9-10-2-1-5-15-8-10/h1-6,8,16H,7,9H2,(H,17,18). The average molecular weight is 303 g/mol. The van der Waals surface area contributed by atoms with E-state index in [1.165, 1.54) is 12.1 Å². The Balaban J connectivity index is 1.79. The van der Waals surface area contributed by atoms with Crippen LogP contribution in [0.3, 0.4) is 0 Å². The molecule has 2 N–H and O–H groups in total.